The van der Waals surface area contributed by atoms with Gasteiger partial charge in [-0.15, -0.1) is 0 Å². The molecule has 2 N–H and O–H groups in total. The topological polar surface area (TPSA) is 47.6 Å². The number of hydrogen-bond acceptors (Lipinski definition) is 3. The number of nitrogens with zero attached hydrogens (tertiary/aromatic N) is 1. The first-order valence-electron chi connectivity index (χ1n) is 2.96. The molecule has 54 valence electrons. The van der Waals surface area contributed by atoms with Crippen molar-refractivity contribution in [2.75, 3.05) is 6.54 Å². The van der Waals surface area contributed by atoms with E-state index in [-0.39, 0.29) is 5.60 Å². The van der Waals surface area contributed by atoms with Crippen molar-refractivity contribution in [2.24, 2.45) is 10.9 Å². The van der Waals surface area contributed by atoms with E-state index in [1.54, 1.807) is 0 Å². The van der Waals surface area contributed by atoms with Crippen LogP contribution in [-0.2, 0) is 4.84 Å². The summed E-state index contributed by atoms with van der Waals surface area (Å²) in [6.45, 7) is 6.22. The first-order valence-corrected chi connectivity index (χ1v) is 2.96. The highest BCUT2D eigenvalue weighted by molar-refractivity contribution is 5.58. The standard InChI is InChI=1S/C6H14N2O/c1-6(2,3)9-8-5-4-7/h5H,4,7H2,1-3H3. The number of rotatable bonds is 2. The van der Waals surface area contributed by atoms with E-state index in [4.69, 9.17) is 10.6 Å². The molecule has 0 aromatic rings. The van der Waals surface area contributed by atoms with Crippen LogP contribution in [0.25, 0.3) is 0 Å². The van der Waals surface area contributed by atoms with Crippen LogP contribution in [0.3, 0.4) is 0 Å². The third-order valence-corrected chi connectivity index (χ3v) is 0.507. The lowest BCUT2D eigenvalue weighted by molar-refractivity contribution is 0.00173. The minimum Gasteiger partial charge on any atom is -0.390 e. The van der Waals surface area contributed by atoms with Gasteiger partial charge in [0.15, 0.2) is 0 Å². The van der Waals surface area contributed by atoms with Crippen LogP contribution in [-0.4, -0.2) is 18.4 Å². The highest BCUT2D eigenvalue weighted by Crippen LogP contribution is 2.05. The van der Waals surface area contributed by atoms with Crippen LogP contribution >= 0.6 is 0 Å². The van der Waals surface area contributed by atoms with Crippen molar-refractivity contribution in [3.8, 4) is 0 Å². The molecule has 0 rings (SSSR count). The maximum atomic E-state index is 5.13. The van der Waals surface area contributed by atoms with E-state index in [2.05, 4.69) is 5.16 Å². The van der Waals surface area contributed by atoms with Crippen molar-refractivity contribution in [1.82, 2.24) is 0 Å². The molecule has 0 saturated heterocycles. The molecular weight excluding hydrogens is 116 g/mol. The van der Waals surface area contributed by atoms with Gasteiger partial charge in [0.25, 0.3) is 0 Å². The zero-order valence-electron chi connectivity index (χ0n) is 6.22. The number of oxime groups is 1. The van der Waals surface area contributed by atoms with Crippen molar-refractivity contribution in [2.45, 2.75) is 26.4 Å². The molecule has 0 aromatic carbocycles. The van der Waals surface area contributed by atoms with Gasteiger partial charge in [-0.1, -0.05) is 5.16 Å². The molecule has 0 spiro atoms. The third kappa shape index (κ3) is 7.43. The van der Waals surface area contributed by atoms with E-state index in [0.717, 1.165) is 0 Å². The second-order valence-electron chi connectivity index (χ2n) is 2.73. The summed E-state index contributed by atoms with van der Waals surface area (Å²) in [5, 5.41) is 3.61. The molecule has 0 heterocycles. The summed E-state index contributed by atoms with van der Waals surface area (Å²) in [4.78, 5) is 4.96. The lowest BCUT2D eigenvalue weighted by atomic mass is 10.2. The first-order chi connectivity index (χ1) is 4.06. The Morgan fingerprint density at radius 3 is 2.44 bits per heavy atom. The highest BCUT2D eigenvalue weighted by atomic mass is 16.6. The second kappa shape index (κ2) is 3.45. The van der Waals surface area contributed by atoms with Gasteiger partial charge in [0.1, 0.15) is 5.60 Å². The van der Waals surface area contributed by atoms with Crippen LogP contribution in [0.1, 0.15) is 20.8 Å². The summed E-state index contributed by atoms with van der Waals surface area (Å²) >= 11 is 0. The lowest BCUT2D eigenvalue weighted by Gasteiger charge is -2.14. The molecule has 3 heteroatoms. The average molecular weight is 130 g/mol. The summed E-state index contributed by atoms with van der Waals surface area (Å²) < 4.78 is 0. The summed E-state index contributed by atoms with van der Waals surface area (Å²) in [6.07, 6.45) is 1.53. The Hall–Kier alpha value is -0.570. The van der Waals surface area contributed by atoms with Gasteiger partial charge in [0, 0.05) is 6.54 Å². The van der Waals surface area contributed by atoms with Gasteiger partial charge in [-0.05, 0) is 20.8 Å². The van der Waals surface area contributed by atoms with Crippen LogP contribution in [0.5, 0.6) is 0 Å². The monoisotopic (exact) mass is 130 g/mol. The van der Waals surface area contributed by atoms with Crippen molar-refractivity contribution in [3.63, 3.8) is 0 Å². The Balaban J connectivity index is 3.38. The predicted molar refractivity (Wildman–Crippen MR) is 38.4 cm³/mol. The second-order valence-corrected chi connectivity index (χ2v) is 2.73. The average Bonchev–Trinajstić information content (AvgIpc) is 1.63. The van der Waals surface area contributed by atoms with Crippen molar-refractivity contribution >= 4 is 6.21 Å². The molecule has 0 atom stereocenters. The summed E-state index contributed by atoms with van der Waals surface area (Å²) in [5.41, 5.74) is 4.93. The Labute approximate surface area is 55.9 Å². The largest absolute Gasteiger partial charge is 0.390 e. The Morgan fingerprint density at radius 2 is 2.11 bits per heavy atom. The predicted octanol–water partition coefficient (Wildman–Crippen LogP) is 0.746. The smallest absolute Gasteiger partial charge is 0.129 e. The molecule has 0 amide bonds. The fourth-order valence-corrected chi connectivity index (χ4v) is 0.238. The fraction of sp³-hybridized carbons (Fsp3) is 0.833. The molecule has 0 aliphatic heterocycles. The van der Waals surface area contributed by atoms with E-state index in [1.165, 1.54) is 6.21 Å². The fourth-order valence-electron chi connectivity index (χ4n) is 0.238. The molecule has 0 aliphatic rings. The summed E-state index contributed by atoms with van der Waals surface area (Å²) in [7, 11) is 0. The Kier molecular flexibility index (Phi) is 3.24. The van der Waals surface area contributed by atoms with E-state index >= 15 is 0 Å². The van der Waals surface area contributed by atoms with Crippen molar-refractivity contribution in [1.29, 1.82) is 0 Å². The molecule has 0 aliphatic carbocycles. The van der Waals surface area contributed by atoms with E-state index in [1.807, 2.05) is 20.8 Å². The Bertz CT molecular complexity index is 93.7. The molecule has 0 fully saturated rings. The van der Waals surface area contributed by atoms with Gasteiger partial charge in [0.2, 0.25) is 0 Å². The van der Waals surface area contributed by atoms with Crippen LogP contribution in [0, 0.1) is 0 Å². The molecule has 0 aromatic heterocycles. The van der Waals surface area contributed by atoms with Crippen LogP contribution in [0.4, 0.5) is 0 Å². The molecule has 0 bridgehead atoms. The zero-order chi connectivity index (χ0) is 7.33. The van der Waals surface area contributed by atoms with E-state index in [9.17, 15) is 0 Å². The SMILES string of the molecule is CC(C)(C)ON=CCN. The zero-order valence-corrected chi connectivity index (χ0v) is 6.22. The maximum absolute atomic E-state index is 5.13. The van der Waals surface area contributed by atoms with Gasteiger partial charge in [0.05, 0.1) is 6.21 Å². The van der Waals surface area contributed by atoms with E-state index in [0.29, 0.717) is 6.54 Å². The molecule has 0 radical (unpaired) electrons. The van der Waals surface area contributed by atoms with Crippen LogP contribution < -0.4 is 5.73 Å². The van der Waals surface area contributed by atoms with E-state index < -0.39 is 0 Å². The molecule has 0 unspecified atom stereocenters. The van der Waals surface area contributed by atoms with Gasteiger partial charge in [-0.25, -0.2) is 0 Å². The minimum atomic E-state index is -0.203. The van der Waals surface area contributed by atoms with Crippen molar-refractivity contribution < 1.29 is 4.84 Å². The highest BCUT2D eigenvalue weighted by Gasteiger charge is 2.08. The summed E-state index contributed by atoms with van der Waals surface area (Å²) in [5.74, 6) is 0. The maximum Gasteiger partial charge on any atom is 0.129 e. The molecule has 9 heavy (non-hydrogen) atoms. The normalized spacial score (nSPS) is 12.4. The molecular formula is C6H14N2O. The summed E-state index contributed by atoms with van der Waals surface area (Å²) in [6, 6.07) is 0. The van der Waals surface area contributed by atoms with Crippen LogP contribution in [0.2, 0.25) is 0 Å². The number of hydrogen-bond donors (Lipinski definition) is 1. The van der Waals surface area contributed by atoms with Gasteiger partial charge in [-0.2, -0.15) is 0 Å². The quantitative estimate of drug-likeness (QED) is 0.443. The molecule has 0 saturated carbocycles. The van der Waals surface area contributed by atoms with Gasteiger partial charge >= 0.3 is 0 Å². The van der Waals surface area contributed by atoms with Crippen LogP contribution in [0.15, 0.2) is 5.16 Å². The number of nitrogens with two attached hydrogens (primary N) is 1. The molecule has 3 nitrogen and oxygen atoms in total. The first kappa shape index (κ1) is 8.43. The minimum absolute atomic E-state index is 0.203. The van der Waals surface area contributed by atoms with Gasteiger partial charge < -0.3 is 10.6 Å². The third-order valence-electron chi connectivity index (χ3n) is 0.507. The Morgan fingerprint density at radius 1 is 1.56 bits per heavy atom. The lowest BCUT2D eigenvalue weighted by Crippen LogP contribution is -2.16. The van der Waals surface area contributed by atoms with Gasteiger partial charge in [-0.3, -0.25) is 0 Å². The van der Waals surface area contributed by atoms with Crippen molar-refractivity contribution in [3.05, 3.63) is 0 Å².